The summed E-state index contributed by atoms with van der Waals surface area (Å²) in [5.41, 5.74) is 0.200. The Hall–Kier alpha value is -1.01. The minimum absolute atomic E-state index is 0.0909. The highest BCUT2D eigenvalue weighted by Gasteiger charge is 2.20. The van der Waals surface area contributed by atoms with Crippen molar-refractivity contribution in [2.45, 2.75) is 38.6 Å². The van der Waals surface area contributed by atoms with Gasteiger partial charge in [0.25, 0.3) is 9.05 Å². The maximum Gasteiger partial charge on any atom is 0.354 e. The third-order valence-corrected chi connectivity index (χ3v) is 3.95. The second-order valence-corrected chi connectivity index (χ2v) is 7.17. The fourth-order valence-corrected chi connectivity index (χ4v) is 2.27. The number of carbonyl (C=O) groups excluding carboxylic acids is 1. The summed E-state index contributed by atoms with van der Waals surface area (Å²) in [6.45, 7) is 6.63. The van der Waals surface area contributed by atoms with Crippen LogP contribution in [0.2, 0.25) is 0 Å². The summed E-state index contributed by atoms with van der Waals surface area (Å²) in [5, 5.41) is 0. The van der Waals surface area contributed by atoms with Gasteiger partial charge in [-0.2, -0.15) is 0 Å². The van der Waals surface area contributed by atoms with Crippen LogP contribution in [0.5, 0.6) is 0 Å². The molecule has 0 aliphatic rings. The average Bonchev–Trinajstić information content (AvgIpc) is 2.71. The van der Waals surface area contributed by atoms with E-state index in [1.807, 2.05) is 13.8 Å². The van der Waals surface area contributed by atoms with Crippen molar-refractivity contribution in [3.8, 4) is 0 Å². The molecule has 1 aromatic rings. The van der Waals surface area contributed by atoms with Crippen LogP contribution in [0, 0.1) is 5.92 Å². The van der Waals surface area contributed by atoms with E-state index in [0.717, 1.165) is 6.42 Å². The first-order chi connectivity index (χ1) is 8.75. The number of esters is 1. The van der Waals surface area contributed by atoms with Crippen LogP contribution < -0.4 is 0 Å². The van der Waals surface area contributed by atoms with Gasteiger partial charge >= 0.3 is 5.97 Å². The van der Waals surface area contributed by atoms with Gasteiger partial charge in [-0.15, -0.1) is 0 Å². The monoisotopic (exact) mass is 307 g/mol. The van der Waals surface area contributed by atoms with Crippen LogP contribution in [0.4, 0.5) is 0 Å². The Morgan fingerprint density at radius 1 is 1.47 bits per heavy atom. The van der Waals surface area contributed by atoms with E-state index in [4.69, 9.17) is 15.4 Å². The summed E-state index contributed by atoms with van der Waals surface area (Å²) < 4.78 is 29.1. The molecule has 0 N–H and O–H groups in total. The van der Waals surface area contributed by atoms with Crippen molar-refractivity contribution in [1.29, 1.82) is 0 Å². The molecular weight excluding hydrogens is 290 g/mol. The number of aryl methyl sites for hydroxylation is 1. The normalized spacial score (nSPS) is 11.8. The Morgan fingerprint density at radius 3 is 2.58 bits per heavy atom. The zero-order valence-electron chi connectivity index (χ0n) is 11.2. The molecule has 0 atom stereocenters. The van der Waals surface area contributed by atoms with Crippen LogP contribution >= 0.6 is 10.7 Å². The van der Waals surface area contributed by atoms with Crippen LogP contribution in [0.3, 0.4) is 0 Å². The van der Waals surface area contributed by atoms with Gasteiger partial charge in [-0.3, -0.25) is 0 Å². The summed E-state index contributed by atoms with van der Waals surface area (Å²) >= 11 is 0. The van der Waals surface area contributed by atoms with E-state index in [9.17, 15) is 13.2 Å². The molecule has 0 bridgehead atoms. The van der Waals surface area contributed by atoms with Crippen molar-refractivity contribution in [2.24, 2.45) is 5.92 Å². The fourth-order valence-electron chi connectivity index (χ4n) is 1.51. The molecule has 1 heterocycles. The van der Waals surface area contributed by atoms with Crippen molar-refractivity contribution < 1.29 is 17.9 Å². The maximum absolute atomic E-state index is 11.9. The first-order valence-electron chi connectivity index (χ1n) is 6.07. The smallest absolute Gasteiger partial charge is 0.354 e. The molecule has 0 saturated heterocycles. The Kier molecular flexibility index (Phi) is 5.43. The lowest BCUT2D eigenvalue weighted by Gasteiger charge is -2.08. The zero-order valence-corrected chi connectivity index (χ0v) is 12.8. The van der Waals surface area contributed by atoms with Crippen LogP contribution in [0.1, 0.15) is 37.7 Å². The van der Waals surface area contributed by atoms with Gasteiger partial charge in [0.15, 0.2) is 0 Å². The largest absolute Gasteiger partial charge is 0.461 e. The second kappa shape index (κ2) is 6.43. The molecule has 1 aromatic heterocycles. The van der Waals surface area contributed by atoms with Crippen molar-refractivity contribution in [2.75, 3.05) is 6.61 Å². The van der Waals surface area contributed by atoms with Crippen LogP contribution in [0.15, 0.2) is 17.2 Å². The number of ether oxygens (including phenoxy) is 1. The maximum atomic E-state index is 11.9. The SMILES string of the molecule is CCn1cc(S(=O)(=O)Cl)cc1C(=O)OCCC(C)C. The van der Waals surface area contributed by atoms with Gasteiger partial charge in [-0.25, -0.2) is 13.2 Å². The van der Waals surface area contributed by atoms with Gasteiger partial charge in [0.2, 0.25) is 0 Å². The van der Waals surface area contributed by atoms with E-state index in [-0.39, 0.29) is 10.6 Å². The van der Waals surface area contributed by atoms with Crippen molar-refractivity contribution in [1.82, 2.24) is 4.57 Å². The summed E-state index contributed by atoms with van der Waals surface area (Å²) in [6.07, 6.45) is 2.10. The molecule has 0 spiro atoms. The Balaban J connectivity index is 2.87. The first-order valence-corrected chi connectivity index (χ1v) is 8.38. The Labute approximate surface area is 117 Å². The molecule has 1 rings (SSSR count). The lowest BCUT2D eigenvalue weighted by molar-refractivity contribution is 0.0475. The molecule has 0 aliphatic carbocycles. The number of rotatable bonds is 6. The highest BCUT2D eigenvalue weighted by Crippen LogP contribution is 2.19. The number of carbonyl (C=O) groups is 1. The van der Waals surface area contributed by atoms with Gasteiger partial charge < -0.3 is 9.30 Å². The van der Waals surface area contributed by atoms with E-state index in [2.05, 4.69) is 0 Å². The van der Waals surface area contributed by atoms with Crippen LogP contribution in [-0.4, -0.2) is 25.6 Å². The lowest BCUT2D eigenvalue weighted by Crippen LogP contribution is -2.12. The first kappa shape index (κ1) is 16.0. The molecule has 0 unspecified atom stereocenters. The Morgan fingerprint density at radius 2 is 2.11 bits per heavy atom. The van der Waals surface area contributed by atoms with E-state index < -0.39 is 15.0 Å². The van der Waals surface area contributed by atoms with Gasteiger partial charge in [0, 0.05) is 23.4 Å². The summed E-state index contributed by atoms with van der Waals surface area (Å²) in [5.74, 6) is -0.0985. The molecule has 19 heavy (non-hydrogen) atoms. The van der Waals surface area contributed by atoms with Gasteiger partial charge in [-0.05, 0) is 25.3 Å². The second-order valence-electron chi connectivity index (χ2n) is 4.60. The van der Waals surface area contributed by atoms with Crippen LogP contribution in [-0.2, 0) is 20.3 Å². The molecule has 0 radical (unpaired) electrons. The highest BCUT2D eigenvalue weighted by molar-refractivity contribution is 8.13. The fraction of sp³-hybridized carbons (Fsp3) is 0.583. The molecule has 0 saturated carbocycles. The minimum atomic E-state index is -3.84. The molecule has 0 aromatic carbocycles. The number of hydrogen-bond acceptors (Lipinski definition) is 4. The zero-order chi connectivity index (χ0) is 14.6. The van der Waals surface area contributed by atoms with Crippen molar-refractivity contribution >= 4 is 25.7 Å². The van der Waals surface area contributed by atoms with Crippen molar-refractivity contribution in [3.63, 3.8) is 0 Å². The topological polar surface area (TPSA) is 65.4 Å². The molecule has 0 aliphatic heterocycles. The molecule has 7 heteroatoms. The third-order valence-electron chi connectivity index (χ3n) is 2.63. The summed E-state index contributed by atoms with van der Waals surface area (Å²) in [7, 11) is 1.42. The van der Waals surface area contributed by atoms with E-state index in [0.29, 0.717) is 19.1 Å². The molecular formula is C12H18ClNO4S. The molecule has 108 valence electrons. The Bertz CT molecular complexity index is 548. The third kappa shape index (κ3) is 4.54. The number of aromatic nitrogens is 1. The molecule has 5 nitrogen and oxygen atoms in total. The van der Waals surface area contributed by atoms with Gasteiger partial charge in [0.1, 0.15) is 10.6 Å². The molecule has 0 amide bonds. The summed E-state index contributed by atoms with van der Waals surface area (Å²) in [4.78, 5) is 11.8. The summed E-state index contributed by atoms with van der Waals surface area (Å²) in [6, 6.07) is 1.24. The molecule has 0 fully saturated rings. The minimum Gasteiger partial charge on any atom is -0.461 e. The number of halogens is 1. The van der Waals surface area contributed by atoms with E-state index in [1.54, 1.807) is 6.92 Å². The number of nitrogens with zero attached hydrogens (tertiary/aromatic N) is 1. The lowest BCUT2D eigenvalue weighted by atomic mass is 10.1. The standard InChI is InChI=1S/C12H18ClNO4S/c1-4-14-8-10(19(13,16)17)7-11(14)12(15)18-6-5-9(2)3/h7-9H,4-6H2,1-3H3. The van der Waals surface area contributed by atoms with Crippen LogP contribution in [0.25, 0.3) is 0 Å². The number of hydrogen-bond donors (Lipinski definition) is 0. The predicted molar refractivity (Wildman–Crippen MR) is 72.9 cm³/mol. The predicted octanol–water partition coefficient (Wildman–Crippen LogP) is 2.64. The van der Waals surface area contributed by atoms with Gasteiger partial charge in [0.05, 0.1) is 6.61 Å². The highest BCUT2D eigenvalue weighted by atomic mass is 35.7. The average molecular weight is 308 g/mol. The quantitative estimate of drug-likeness (QED) is 0.598. The van der Waals surface area contributed by atoms with Crippen molar-refractivity contribution in [3.05, 3.63) is 18.0 Å². The van der Waals surface area contributed by atoms with E-state index >= 15 is 0 Å². The van der Waals surface area contributed by atoms with E-state index in [1.165, 1.54) is 16.8 Å². The van der Waals surface area contributed by atoms with Gasteiger partial charge in [-0.1, -0.05) is 13.8 Å².